The number of aromatic nitrogens is 3. The van der Waals surface area contributed by atoms with Crippen LogP contribution >= 0.6 is 0 Å². The summed E-state index contributed by atoms with van der Waals surface area (Å²) in [5.74, 6) is 3.17. The third-order valence-corrected chi connectivity index (χ3v) is 4.55. The summed E-state index contributed by atoms with van der Waals surface area (Å²) in [5, 5.41) is 12.4. The average molecular weight is 380 g/mol. The molecule has 0 amide bonds. The zero-order chi connectivity index (χ0) is 19.7. The minimum absolute atomic E-state index is 0.613. The number of methoxy groups -OCH3 is 4. The minimum Gasteiger partial charge on any atom is -0.493 e. The third kappa shape index (κ3) is 2.88. The molecule has 4 aromatic rings. The highest BCUT2D eigenvalue weighted by atomic mass is 16.5. The van der Waals surface area contributed by atoms with Crippen molar-refractivity contribution in [1.82, 2.24) is 15.2 Å². The molecule has 0 saturated heterocycles. The molecule has 0 atom stereocenters. The number of pyridine rings is 1. The van der Waals surface area contributed by atoms with Crippen LogP contribution in [0.3, 0.4) is 0 Å². The van der Waals surface area contributed by atoms with E-state index in [0.29, 0.717) is 28.8 Å². The fraction of sp³-hybridized carbons (Fsp3) is 0.200. The second kappa shape index (κ2) is 7.15. The monoisotopic (exact) mass is 380 g/mol. The van der Waals surface area contributed by atoms with E-state index in [4.69, 9.17) is 23.9 Å². The Morgan fingerprint density at radius 2 is 1.46 bits per heavy atom. The molecule has 0 aliphatic heterocycles. The molecular weight excluding hydrogens is 360 g/mol. The predicted octanol–water partition coefficient (Wildman–Crippen LogP) is 3.89. The van der Waals surface area contributed by atoms with Gasteiger partial charge in [-0.15, -0.1) is 0 Å². The molecule has 0 fully saturated rings. The molecule has 8 heteroatoms. The molecule has 0 radical (unpaired) electrons. The summed E-state index contributed by atoms with van der Waals surface area (Å²) in [5.41, 5.74) is 2.35. The fourth-order valence-electron chi connectivity index (χ4n) is 3.16. The number of nitrogens with zero attached hydrogens (tertiary/aromatic N) is 2. The number of anilines is 2. The van der Waals surface area contributed by atoms with Crippen LogP contribution in [0.4, 0.5) is 11.5 Å². The van der Waals surface area contributed by atoms with Gasteiger partial charge in [0.15, 0.2) is 28.8 Å². The summed E-state index contributed by atoms with van der Waals surface area (Å²) in [6.07, 6.45) is 1.77. The van der Waals surface area contributed by atoms with E-state index in [1.807, 2.05) is 30.3 Å². The summed E-state index contributed by atoms with van der Waals surface area (Å²) in [6.45, 7) is 0. The van der Waals surface area contributed by atoms with Crippen LogP contribution in [0, 0.1) is 0 Å². The smallest absolute Gasteiger partial charge is 0.162 e. The van der Waals surface area contributed by atoms with Gasteiger partial charge in [-0.3, -0.25) is 5.10 Å². The first-order valence-electron chi connectivity index (χ1n) is 8.56. The molecule has 28 heavy (non-hydrogen) atoms. The number of hydrogen-bond donors (Lipinski definition) is 2. The van der Waals surface area contributed by atoms with Gasteiger partial charge >= 0.3 is 0 Å². The van der Waals surface area contributed by atoms with Crippen LogP contribution in [0.5, 0.6) is 23.0 Å². The maximum absolute atomic E-state index is 5.42. The molecule has 0 aliphatic carbocycles. The van der Waals surface area contributed by atoms with E-state index < -0.39 is 0 Å². The van der Waals surface area contributed by atoms with Gasteiger partial charge in [0.2, 0.25) is 0 Å². The second-order valence-corrected chi connectivity index (χ2v) is 6.04. The Kier molecular flexibility index (Phi) is 4.52. The van der Waals surface area contributed by atoms with Crippen LogP contribution in [0.1, 0.15) is 0 Å². The van der Waals surface area contributed by atoms with Crippen molar-refractivity contribution in [1.29, 1.82) is 0 Å². The molecule has 0 aliphatic rings. The van der Waals surface area contributed by atoms with Gasteiger partial charge in [-0.05, 0) is 18.2 Å². The summed E-state index contributed by atoms with van der Waals surface area (Å²) in [4.78, 5) is 4.76. The first-order chi connectivity index (χ1) is 13.7. The average Bonchev–Trinajstić information content (AvgIpc) is 3.23. The Morgan fingerprint density at radius 1 is 0.786 bits per heavy atom. The normalized spacial score (nSPS) is 10.9. The van der Waals surface area contributed by atoms with Crippen LogP contribution < -0.4 is 24.3 Å². The number of benzene rings is 2. The Morgan fingerprint density at radius 3 is 2.18 bits per heavy atom. The molecule has 8 nitrogen and oxygen atoms in total. The molecule has 2 heterocycles. The zero-order valence-corrected chi connectivity index (χ0v) is 16.0. The highest BCUT2D eigenvalue weighted by molar-refractivity contribution is 6.09. The molecule has 0 unspecified atom stereocenters. The van der Waals surface area contributed by atoms with E-state index >= 15 is 0 Å². The first kappa shape index (κ1) is 17.7. The van der Waals surface area contributed by atoms with E-state index in [0.717, 1.165) is 27.5 Å². The molecule has 2 N–H and O–H groups in total. The third-order valence-electron chi connectivity index (χ3n) is 4.55. The molecule has 144 valence electrons. The number of aromatic amines is 1. The Labute approximate surface area is 161 Å². The Hall–Kier alpha value is -3.68. The molecule has 4 rings (SSSR count). The lowest BCUT2D eigenvalue weighted by Crippen LogP contribution is -1.98. The number of ether oxygens (including phenoxy) is 4. The number of fused-ring (bicyclic) bond motifs is 3. The molecule has 0 spiro atoms. The van der Waals surface area contributed by atoms with Crippen LogP contribution in [0.25, 0.3) is 21.8 Å². The summed E-state index contributed by atoms with van der Waals surface area (Å²) < 4.78 is 21.5. The van der Waals surface area contributed by atoms with E-state index in [-0.39, 0.29) is 0 Å². The number of rotatable bonds is 6. The number of H-pyrrole nitrogens is 1. The predicted molar refractivity (Wildman–Crippen MR) is 107 cm³/mol. The van der Waals surface area contributed by atoms with Crippen LogP contribution in [-0.2, 0) is 0 Å². The maximum atomic E-state index is 5.42. The lowest BCUT2D eigenvalue weighted by molar-refractivity contribution is 0.355. The number of nitrogens with one attached hydrogen (secondary N) is 2. The van der Waals surface area contributed by atoms with Crippen molar-refractivity contribution in [3.63, 3.8) is 0 Å². The minimum atomic E-state index is 0.613. The van der Waals surface area contributed by atoms with Gasteiger partial charge in [0, 0.05) is 28.6 Å². The van der Waals surface area contributed by atoms with Gasteiger partial charge in [0.25, 0.3) is 0 Å². The Bertz CT molecular complexity index is 1160. The highest BCUT2D eigenvalue weighted by Crippen LogP contribution is 2.37. The quantitative estimate of drug-likeness (QED) is 0.524. The highest BCUT2D eigenvalue weighted by Gasteiger charge is 2.15. The first-order valence-corrected chi connectivity index (χ1v) is 8.56. The van der Waals surface area contributed by atoms with Crippen LogP contribution in [-0.4, -0.2) is 43.6 Å². The lowest BCUT2D eigenvalue weighted by atomic mass is 10.1. The standard InChI is InChI=1S/C20H20N4O4/c1-25-15-6-5-11(7-16(15)26-2)22-20-19-13(10-21-24-19)12-8-17(27-3)18(28-4)9-14(12)23-20/h5-10H,1-4H3,(H,21,24)(H,22,23). The van der Waals surface area contributed by atoms with Gasteiger partial charge in [-0.25, -0.2) is 4.98 Å². The molecule has 0 saturated carbocycles. The summed E-state index contributed by atoms with van der Waals surface area (Å²) in [7, 11) is 6.41. The number of hydrogen-bond acceptors (Lipinski definition) is 7. The molecule has 2 aromatic heterocycles. The molecule has 2 aromatic carbocycles. The van der Waals surface area contributed by atoms with Gasteiger partial charge in [-0.2, -0.15) is 5.10 Å². The molecular formula is C20H20N4O4. The van der Waals surface area contributed by atoms with E-state index in [9.17, 15) is 0 Å². The SMILES string of the molecule is COc1ccc(Nc2nc3cc(OC)c(OC)cc3c3cn[nH]c23)cc1OC. The lowest BCUT2D eigenvalue weighted by Gasteiger charge is -2.13. The Balaban J connectivity index is 1.86. The largest absolute Gasteiger partial charge is 0.493 e. The van der Waals surface area contributed by atoms with Gasteiger partial charge < -0.3 is 24.3 Å². The summed E-state index contributed by atoms with van der Waals surface area (Å²) >= 11 is 0. The van der Waals surface area contributed by atoms with Crippen molar-refractivity contribution in [3.05, 3.63) is 36.5 Å². The van der Waals surface area contributed by atoms with Crippen LogP contribution in [0.15, 0.2) is 36.5 Å². The van der Waals surface area contributed by atoms with Crippen molar-refractivity contribution in [3.8, 4) is 23.0 Å². The van der Waals surface area contributed by atoms with Crippen molar-refractivity contribution < 1.29 is 18.9 Å². The van der Waals surface area contributed by atoms with Gasteiger partial charge in [0.1, 0.15) is 5.52 Å². The van der Waals surface area contributed by atoms with Crippen LogP contribution in [0.2, 0.25) is 0 Å². The summed E-state index contributed by atoms with van der Waals surface area (Å²) in [6, 6.07) is 9.32. The second-order valence-electron chi connectivity index (χ2n) is 6.04. The molecule has 0 bridgehead atoms. The van der Waals surface area contributed by atoms with E-state index in [1.165, 1.54) is 0 Å². The van der Waals surface area contributed by atoms with Crippen molar-refractivity contribution >= 4 is 33.3 Å². The topological polar surface area (TPSA) is 90.5 Å². The van der Waals surface area contributed by atoms with Crippen molar-refractivity contribution in [2.75, 3.05) is 33.8 Å². The fourth-order valence-corrected chi connectivity index (χ4v) is 3.16. The van der Waals surface area contributed by atoms with E-state index in [2.05, 4.69) is 15.5 Å². The maximum Gasteiger partial charge on any atom is 0.162 e. The van der Waals surface area contributed by atoms with E-state index in [1.54, 1.807) is 34.6 Å². The van der Waals surface area contributed by atoms with Crippen molar-refractivity contribution in [2.45, 2.75) is 0 Å². The van der Waals surface area contributed by atoms with Crippen molar-refractivity contribution in [2.24, 2.45) is 0 Å². The van der Waals surface area contributed by atoms with Gasteiger partial charge in [-0.1, -0.05) is 0 Å². The van der Waals surface area contributed by atoms with Gasteiger partial charge in [0.05, 0.1) is 40.2 Å². The zero-order valence-electron chi connectivity index (χ0n) is 16.0.